The molecule has 4 rings (SSSR count). The van der Waals surface area contributed by atoms with Gasteiger partial charge >= 0.3 is 0 Å². The van der Waals surface area contributed by atoms with E-state index in [-0.39, 0.29) is 29.4 Å². The first kappa shape index (κ1) is 16.2. The summed E-state index contributed by atoms with van der Waals surface area (Å²) in [5.41, 5.74) is 13.3. The van der Waals surface area contributed by atoms with Crippen molar-refractivity contribution in [1.82, 2.24) is 29.1 Å². The van der Waals surface area contributed by atoms with Gasteiger partial charge in [0.25, 0.3) is 0 Å². The molecule has 0 fully saturated rings. The van der Waals surface area contributed by atoms with Gasteiger partial charge in [-0.05, 0) is 26.0 Å². The monoisotopic (exact) mass is 358 g/mol. The van der Waals surface area contributed by atoms with Crippen molar-refractivity contribution in [3.05, 3.63) is 30.0 Å². The maximum absolute atomic E-state index is 14.6. The van der Waals surface area contributed by atoms with E-state index in [4.69, 9.17) is 11.5 Å². The summed E-state index contributed by atoms with van der Waals surface area (Å²) in [7, 11) is 0. The zero-order chi connectivity index (χ0) is 18.6. The van der Waals surface area contributed by atoms with Gasteiger partial charge in [-0.3, -0.25) is 0 Å². The lowest BCUT2D eigenvalue weighted by atomic mass is 10.1. The van der Waals surface area contributed by atoms with Crippen LogP contribution in [0.4, 0.5) is 20.5 Å². The van der Waals surface area contributed by atoms with Crippen molar-refractivity contribution in [1.29, 1.82) is 0 Å². The molecule has 0 aliphatic carbocycles. The van der Waals surface area contributed by atoms with E-state index >= 15 is 0 Å². The molecule has 0 bridgehead atoms. The number of hydrogen-bond acceptors (Lipinski definition) is 6. The number of hydrogen-bond donors (Lipinski definition) is 2. The van der Waals surface area contributed by atoms with Gasteiger partial charge < -0.3 is 16.0 Å². The van der Waals surface area contributed by atoms with Crippen LogP contribution in [0.25, 0.3) is 27.9 Å². The fraction of sp³-hybridized carbons (Fsp3) is 0.250. The van der Waals surface area contributed by atoms with Crippen LogP contribution in [0.1, 0.15) is 12.7 Å². The Hall–Kier alpha value is -3.30. The molecule has 134 valence electrons. The van der Waals surface area contributed by atoms with Crippen LogP contribution in [-0.2, 0) is 6.54 Å². The van der Waals surface area contributed by atoms with Crippen molar-refractivity contribution >= 4 is 28.4 Å². The second kappa shape index (κ2) is 5.61. The molecule has 0 spiro atoms. The number of imidazole rings is 1. The topological polar surface area (TPSA) is 113 Å². The molecule has 1 atom stereocenters. The molecule has 10 heteroatoms. The molecular weight excluding hydrogens is 342 g/mol. The fourth-order valence-corrected chi connectivity index (χ4v) is 3.07. The van der Waals surface area contributed by atoms with Crippen molar-refractivity contribution in [2.75, 3.05) is 11.5 Å². The van der Waals surface area contributed by atoms with Crippen LogP contribution in [0.5, 0.6) is 0 Å². The molecule has 0 saturated heterocycles. The van der Waals surface area contributed by atoms with Gasteiger partial charge in [0.2, 0.25) is 5.95 Å². The Kier molecular flexibility index (Phi) is 3.49. The van der Waals surface area contributed by atoms with Crippen LogP contribution in [0, 0.1) is 12.7 Å². The third-order valence-corrected chi connectivity index (χ3v) is 4.10. The Morgan fingerprint density at radius 2 is 1.96 bits per heavy atom. The van der Waals surface area contributed by atoms with Gasteiger partial charge in [0, 0.05) is 0 Å². The standard InChI is InChI=1S/C16H16F2N8/c1-7(17)5-25-8(2)21-11-4-3-10(22-15(11)25)12-9(18)6-26-13(12)14(19)23-16(20)24-26/h3-4,6-7H,5H2,1-2H3,(H4,19,20,23,24). The molecule has 1 unspecified atom stereocenters. The van der Waals surface area contributed by atoms with Crippen LogP contribution < -0.4 is 11.5 Å². The Bertz CT molecular complexity index is 1140. The number of aryl methyl sites for hydroxylation is 1. The van der Waals surface area contributed by atoms with E-state index in [1.54, 1.807) is 23.6 Å². The van der Waals surface area contributed by atoms with E-state index in [2.05, 4.69) is 20.1 Å². The Balaban J connectivity index is 1.98. The Labute approximate surface area is 146 Å². The van der Waals surface area contributed by atoms with E-state index < -0.39 is 12.0 Å². The predicted octanol–water partition coefficient (Wildman–Crippen LogP) is 2.11. The average Bonchev–Trinajstić information content (AvgIpc) is 3.03. The van der Waals surface area contributed by atoms with Gasteiger partial charge in [-0.1, -0.05) is 0 Å². The van der Waals surface area contributed by atoms with Gasteiger partial charge in [0.1, 0.15) is 23.0 Å². The number of nitrogen functional groups attached to an aromatic ring is 2. The highest BCUT2D eigenvalue weighted by Crippen LogP contribution is 2.31. The van der Waals surface area contributed by atoms with Gasteiger partial charge in [0.15, 0.2) is 17.3 Å². The normalized spacial score (nSPS) is 12.9. The zero-order valence-corrected chi connectivity index (χ0v) is 14.1. The molecule has 0 aliphatic heterocycles. The second-order valence-electron chi connectivity index (χ2n) is 6.09. The lowest BCUT2D eigenvalue weighted by molar-refractivity contribution is 0.321. The zero-order valence-electron chi connectivity index (χ0n) is 14.1. The first-order chi connectivity index (χ1) is 12.3. The maximum atomic E-state index is 14.6. The molecule has 4 N–H and O–H groups in total. The highest BCUT2D eigenvalue weighted by atomic mass is 19.1. The van der Waals surface area contributed by atoms with E-state index in [0.717, 1.165) is 6.20 Å². The molecule has 4 aromatic heterocycles. The number of anilines is 2. The van der Waals surface area contributed by atoms with E-state index in [1.165, 1.54) is 11.4 Å². The minimum Gasteiger partial charge on any atom is -0.382 e. The summed E-state index contributed by atoms with van der Waals surface area (Å²) >= 11 is 0. The minimum atomic E-state index is -1.07. The predicted molar refractivity (Wildman–Crippen MR) is 93.6 cm³/mol. The number of pyridine rings is 1. The number of alkyl halides is 1. The van der Waals surface area contributed by atoms with Crippen LogP contribution in [0.2, 0.25) is 0 Å². The van der Waals surface area contributed by atoms with Crippen molar-refractivity contribution in [3.63, 3.8) is 0 Å². The lowest BCUT2D eigenvalue weighted by Crippen LogP contribution is -2.10. The first-order valence-electron chi connectivity index (χ1n) is 7.93. The number of fused-ring (bicyclic) bond motifs is 2. The number of nitrogens with two attached hydrogens (primary N) is 2. The summed E-state index contributed by atoms with van der Waals surface area (Å²) in [5.74, 6) is 0.0445. The number of aromatic nitrogens is 6. The molecular formula is C16H16F2N8. The first-order valence-corrected chi connectivity index (χ1v) is 7.93. The molecule has 0 amide bonds. The molecule has 0 radical (unpaired) electrons. The summed E-state index contributed by atoms with van der Waals surface area (Å²) in [6, 6.07) is 3.34. The van der Waals surface area contributed by atoms with Gasteiger partial charge in [0.05, 0.1) is 24.0 Å². The molecule has 4 heterocycles. The summed E-state index contributed by atoms with van der Waals surface area (Å²) in [5, 5.41) is 3.94. The Morgan fingerprint density at radius 3 is 2.69 bits per heavy atom. The van der Waals surface area contributed by atoms with Crippen molar-refractivity contribution in [2.24, 2.45) is 0 Å². The van der Waals surface area contributed by atoms with Crippen LogP contribution in [-0.4, -0.2) is 35.3 Å². The van der Waals surface area contributed by atoms with Gasteiger partial charge in [-0.25, -0.2) is 23.3 Å². The highest BCUT2D eigenvalue weighted by molar-refractivity contribution is 5.88. The summed E-state index contributed by atoms with van der Waals surface area (Å²) in [6.45, 7) is 3.34. The Morgan fingerprint density at radius 1 is 1.19 bits per heavy atom. The summed E-state index contributed by atoms with van der Waals surface area (Å²) in [4.78, 5) is 12.8. The third kappa shape index (κ3) is 2.41. The van der Waals surface area contributed by atoms with Crippen molar-refractivity contribution < 1.29 is 8.78 Å². The quantitative estimate of drug-likeness (QED) is 0.580. The average molecular weight is 358 g/mol. The van der Waals surface area contributed by atoms with Crippen LogP contribution in [0.15, 0.2) is 18.3 Å². The summed E-state index contributed by atoms with van der Waals surface area (Å²) < 4.78 is 31.0. The molecule has 26 heavy (non-hydrogen) atoms. The highest BCUT2D eigenvalue weighted by Gasteiger charge is 2.20. The number of nitrogens with zero attached hydrogens (tertiary/aromatic N) is 6. The molecule has 0 saturated carbocycles. The van der Waals surface area contributed by atoms with Crippen molar-refractivity contribution in [2.45, 2.75) is 26.6 Å². The van der Waals surface area contributed by atoms with E-state index in [9.17, 15) is 8.78 Å². The lowest BCUT2D eigenvalue weighted by Gasteiger charge is -2.08. The SMILES string of the molecule is Cc1nc2ccc(-c3c(F)cn4nc(N)nc(N)c34)nc2n1CC(C)F. The van der Waals surface area contributed by atoms with E-state index in [1.807, 2.05) is 0 Å². The molecule has 4 aromatic rings. The third-order valence-electron chi connectivity index (χ3n) is 4.10. The largest absolute Gasteiger partial charge is 0.382 e. The molecule has 0 aromatic carbocycles. The minimum absolute atomic E-state index is 0.0420. The summed E-state index contributed by atoms with van der Waals surface area (Å²) in [6.07, 6.45) is 0.0903. The van der Waals surface area contributed by atoms with Gasteiger partial charge in [-0.15, -0.1) is 5.10 Å². The van der Waals surface area contributed by atoms with Crippen LogP contribution in [0.3, 0.4) is 0 Å². The van der Waals surface area contributed by atoms with Gasteiger partial charge in [-0.2, -0.15) is 4.98 Å². The number of halogens is 2. The fourth-order valence-electron chi connectivity index (χ4n) is 3.07. The molecule has 0 aliphatic rings. The second-order valence-corrected chi connectivity index (χ2v) is 6.09. The number of rotatable bonds is 3. The smallest absolute Gasteiger partial charge is 0.240 e. The molecule has 8 nitrogen and oxygen atoms in total. The maximum Gasteiger partial charge on any atom is 0.240 e. The van der Waals surface area contributed by atoms with Crippen molar-refractivity contribution in [3.8, 4) is 11.3 Å². The van der Waals surface area contributed by atoms with Crippen LogP contribution >= 0.6 is 0 Å². The van der Waals surface area contributed by atoms with E-state index in [0.29, 0.717) is 22.7 Å².